The van der Waals surface area contributed by atoms with E-state index in [0.29, 0.717) is 5.56 Å². The molecular formula is C18H19N3OS. The molecule has 4 nitrogen and oxygen atoms in total. The Balaban J connectivity index is 1.74. The summed E-state index contributed by atoms with van der Waals surface area (Å²) in [7, 11) is 0. The van der Waals surface area contributed by atoms with E-state index in [0.717, 1.165) is 30.0 Å². The molecule has 0 saturated heterocycles. The highest BCUT2D eigenvalue weighted by atomic mass is 32.1. The minimum atomic E-state index is -0.141. The van der Waals surface area contributed by atoms with Crippen LogP contribution in [0.5, 0.6) is 0 Å². The molecule has 3 rings (SSSR count). The van der Waals surface area contributed by atoms with E-state index < -0.39 is 0 Å². The molecule has 0 aliphatic carbocycles. The summed E-state index contributed by atoms with van der Waals surface area (Å²) < 4.78 is 1.22. The second-order valence-electron chi connectivity index (χ2n) is 5.20. The third kappa shape index (κ3) is 3.35. The third-order valence-electron chi connectivity index (χ3n) is 3.81. The van der Waals surface area contributed by atoms with Crippen LogP contribution >= 0.6 is 11.3 Å². The quantitative estimate of drug-likeness (QED) is 0.756. The van der Waals surface area contributed by atoms with Gasteiger partial charge in [-0.1, -0.05) is 0 Å². The summed E-state index contributed by atoms with van der Waals surface area (Å²) in [6.45, 7) is 5.98. The van der Waals surface area contributed by atoms with E-state index in [1.54, 1.807) is 17.5 Å². The van der Waals surface area contributed by atoms with Gasteiger partial charge in [0.25, 0.3) is 5.91 Å². The van der Waals surface area contributed by atoms with Crippen LogP contribution in [0, 0.1) is 0 Å². The van der Waals surface area contributed by atoms with Gasteiger partial charge in [-0.2, -0.15) is 0 Å². The van der Waals surface area contributed by atoms with Crippen molar-refractivity contribution < 1.29 is 4.79 Å². The minimum absolute atomic E-state index is 0.141. The normalized spacial score (nSPS) is 10.7. The monoisotopic (exact) mass is 325 g/mol. The first-order valence-corrected chi connectivity index (χ1v) is 8.59. The van der Waals surface area contributed by atoms with Crippen molar-refractivity contribution in [1.29, 1.82) is 0 Å². The number of hydrogen-bond acceptors (Lipinski definition) is 4. The molecule has 2 heterocycles. The Labute approximate surface area is 139 Å². The van der Waals surface area contributed by atoms with Gasteiger partial charge in [0.1, 0.15) is 5.82 Å². The number of anilines is 2. The molecule has 0 aliphatic rings. The lowest BCUT2D eigenvalue weighted by molar-refractivity contribution is 0.102. The van der Waals surface area contributed by atoms with Crippen molar-refractivity contribution in [2.75, 3.05) is 23.3 Å². The predicted molar refractivity (Wildman–Crippen MR) is 97.6 cm³/mol. The number of hydrogen-bond donors (Lipinski definition) is 1. The van der Waals surface area contributed by atoms with E-state index in [9.17, 15) is 4.79 Å². The smallest absolute Gasteiger partial charge is 0.257 e. The lowest BCUT2D eigenvalue weighted by Crippen LogP contribution is -2.23. The molecule has 23 heavy (non-hydrogen) atoms. The summed E-state index contributed by atoms with van der Waals surface area (Å²) in [6, 6.07) is 11.7. The number of aromatic nitrogens is 1. The van der Waals surface area contributed by atoms with Gasteiger partial charge >= 0.3 is 0 Å². The number of amides is 1. The van der Waals surface area contributed by atoms with Gasteiger partial charge in [0.15, 0.2) is 0 Å². The first-order valence-electron chi connectivity index (χ1n) is 7.71. The van der Waals surface area contributed by atoms with E-state index >= 15 is 0 Å². The van der Waals surface area contributed by atoms with Crippen LogP contribution in [0.1, 0.15) is 24.2 Å². The van der Waals surface area contributed by atoms with Gasteiger partial charge in [-0.05, 0) is 61.0 Å². The number of carbonyl (C=O) groups is 1. The topological polar surface area (TPSA) is 45.2 Å². The molecule has 0 fully saturated rings. The van der Waals surface area contributed by atoms with Crippen LogP contribution in [0.15, 0.2) is 48.0 Å². The Morgan fingerprint density at radius 3 is 2.70 bits per heavy atom. The third-order valence-corrected chi connectivity index (χ3v) is 4.71. The molecule has 2 aromatic heterocycles. The first kappa shape index (κ1) is 15.5. The van der Waals surface area contributed by atoms with Crippen molar-refractivity contribution in [2.24, 2.45) is 0 Å². The van der Waals surface area contributed by atoms with Crippen molar-refractivity contribution in [3.63, 3.8) is 0 Å². The lowest BCUT2D eigenvalue weighted by atomic mass is 10.2. The molecule has 0 unspecified atom stereocenters. The van der Waals surface area contributed by atoms with Gasteiger partial charge in [-0.15, -0.1) is 11.3 Å². The highest BCUT2D eigenvalue weighted by molar-refractivity contribution is 7.17. The summed E-state index contributed by atoms with van der Waals surface area (Å²) in [5.41, 5.74) is 1.36. The van der Waals surface area contributed by atoms with Crippen LogP contribution in [0.25, 0.3) is 10.1 Å². The van der Waals surface area contributed by atoms with E-state index in [2.05, 4.69) is 35.1 Å². The first-order chi connectivity index (χ1) is 11.2. The van der Waals surface area contributed by atoms with Gasteiger partial charge in [0.05, 0.1) is 5.56 Å². The standard InChI is InChI=1S/C18H19N3OS/c1-3-21(4-2)17-8-5-14(12-19-17)18(22)20-15-6-7-16-13(11-15)9-10-23-16/h5-12H,3-4H2,1-2H3,(H,20,22). The van der Waals surface area contributed by atoms with Crippen LogP contribution in [0.2, 0.25) is 0 Å². The number of nitrogens with zero attached hydrogens (tertiary/aromatic N) is 2. The number of rotatable bonds is 5. The highest BCUT2D eigenvalue weighted by Gasteiger charge is 2.09. The average molecular weight is 325 g/mol. The number of pyridine rings is 1. The van der Waals surface area contributed by atoms with E-state index in [1.807, 2.05) is 35.7 Å². The van der Waals surface area contributed by atoms with Crippen molar-refractivity contribution in [1.82, 2.24) is 4.98 Å². The molecule has 0 spiro atoms. The van der Waals surface area contributed by atoms with Crippen LogP contribution < -0.4 is 10.2 Å². The van der Waals surface area contributed by atoms with Crippen LogP contribution in [0.3, 0.4) is 0 Å². The summed E-state index contributed by atoms with van der Waals surface area (Å²) >= 11 is 1.69. The predicted octanol–water partition coefficient (Wildman–Crippen LogP) is 4.39. The Bertz CT molecular complexity index is 807. The van der Waals surface area contributed by atoms with E-state index in [4.69, 9.17) is 0 Å². The molecule has 0 radical (unpaired) electrons. The zero-order valence-corrected chi connectivity index (χ0v) is 14.1. The molecule has 1 aromatic carbocycles. The molecule has 0 aliphatic heterocycles. The van der Waals surface area contributed by atoms with Crippen molar-refractivity contribution in [2.45, 2.75) is 13.8 Å². The fourth-order valence-electron chi connectivity index (χ4n) is 2.50. The Morgan fingerprint density at radius 2 is 2.00 bits per heavy atom. The maximum atomic E-state index is 12.3. The SMILES string of the molecule is CCN(CC)c1ccc(C(=O)Nc2ccc3sccc3c2)cn1. The molecular weight excluding hydrogens is 306 g/mol. The zero-order chi connectivity index (χ0) is 16.2. The molecule has 1 N–H and O–H groups in total. The largest absolute Gasteiger partial charge is 0.357 e. The Kier molecular flexibility index (Phi) is 4.57. The van der Waals surface area contributed by atoms with Gasteiger partial charge in [0.2, 0.25) is 0 Å². The van der Waals surface area contributed by atoms with Crippen LogP contribution in [-0.4, -0.2) is 24.0 Å². The lowest BCUT2D eigenvalue weighted by Gasteiger charge is -2.19. The molecule has 0 bridgehead atoms. The fraction of sp³-hybridized carbons (Fsp3) is 0.222. The maximum absolute atomic E-state index is 12.3. The zero-order valence-electron chi connectivity index (χ0n) is 13.2. The number of nitrogens with one attached hydrogen (secondary N) is 1. The summed E-state index contributed by atoms with van der Waals surface area (Å²) in [5.74, 6) is 0.754. The second kappa shape index (κ2) is 6.79. The van der Waals surface area contributed by atoms with Crippen molar-refractivity contribution in [3.05, 3.63) is 53.5 Å². The molecule has 5 heteroatoms. The van der Waals surface area contributed by atoms with E-state index in [-0.39, 0.29) is 5.91 Å². The summed E-state index contributed by atoms with van der Waals surface area (Å²) in [6.07, 6.45) is 1.63. The van der Waals surface area contributed by atoms with Crippen molar-refractivity contribution in [3.8, 4) is 0 Å². The number of fused-ring (bicyclic) bond motifs is 1. The maximum Gasteiger partial charge on any atom is 0.257 e. The minimum Gasteiger partial charge on any atom is -0.357 e. The van der Waals surface area contributed by atoms with Crippen molar-refractivity contribution >= 4 is 38.8 Å². The fourth-order valence-corrected chi connectivity index (χ4v) is 3.27. The van der Waals surface area contributed by atoms with Crippen LogP contribution in [-0.2, 0) is 0 Å². The molecule has 0 atom stereocenters. The van der Waals surface area contributed by atoms with Gasteiger partial charge in [0, 0.05) is 29.7 Å². The Hall–Kier alpha value is -2.40. The molecule has 1 amide bonds. The average Bonchev–Trinajstić information content (AvgIpc) is 3.04. The number of thiophene rings is 1. The highest BCUT2D eigenvalue weighted by Crippen LogP contribution is 2.24. The molecule has 0 saturated carbocycles. The summed E-state index contributed by atoms with van der Waals surface area (Å²) in [5, 5.41) is 6.12. The number of benzene rings is 1. The van der Waals surface area contributed by atoms with Gasteiger partial charge in [-0.3, -0.25) is 4.79 Å². The summed E-state index contributed by atoms with van der Waals surface area (Å²) in [4.78, 5) is 18.9. The Morgan fingerprint density at radius 1 is 1.17 bits per heavy atom. The van der Waals surface area contributed by atoms with Crippen LogP contribution in [0.4, 0.5) is 11.5 Å². The molecule has 118 valence electrons. The second-order valence-corrected chi connectivity index (χ2v) is 6.15. The van der Waals surface area contributed by atoms with E-state index in [1.165, 1.54) is 4.70 Å². The molecule has 3 aromatic rings. The van der Waals surface area contributed by atoms with Gasteiger partial charge < -0.3 is 10.2 Å². The number of carbonyl (C=O) groups excluding carboxylic acids is 1. The van der Waals surface area contributed by atoms with Gasteiger partial charge in [-0.25, -0.2) is 4.98 Å².